The van der Waals surface area contributed by atoms with E-state index in [1.54, 1.807) is 0 Å². The Morgan fingerprint density at radius 2 is 2.35 bits per heavy atom. The number of aromatic nitrogens is 2. The van der Waals surface area contributed by atoms with Gasteiger partial charge in [0.05, 0.1) is 12.8 Å². The van der Waals surface area contributed by atoms with Crippen LogP contribution in [-0.2, 0) is 16.6 Å². The van der Waals surface area contributed by atoms with E-state index in [-0.39, 0.29) is 12.0 Å². The van der Waals surface area contributed by atoms with Gasteiger partial charge in [0.2, 0.25) is 0 Å². The molecule has 1 unspecified atom stereocenters. The Hall–Kier alpha value is -1.36. The Morgan fingerprint density at radius 3 is 2.88 bits per heavy atom. The largest absolute Gasteiger partial charge is 0.469 e. The molecule has 0 bridgehead atoms. The van der Waals surface area contributed by atoms with Crippen LogP contribution in [0.4, 0.5) is 0 Å². The van der Waals surface area contributed by atoms with E-state index in [4.69, 9.17) is 0 Å². The maximum atomic E-state index is 10.9. The first-order valence-corrected chi connectivity index (χ1v) is 5.85. The zero-order chi connectivity index (χ0) is 12.8. The Labute approximate surface area is 102 Å². The highest BCUT2D eigenvalue weighted by atomic mass is 16.5. The van der Waals surface area contributed by atoms with Gasteiger partial charge in [0.1, 0.15) is 0 Å². The fourth-order valence-corrected chi connectivity index (χ4v) is 1.81. The molecular weight excluding hydrogens is 218 g/mol. The molecule has 0 fully saturated rings. The van der Waals surface area contributed by atoms with E-state index in [0.717, 1.165) is 18.7 Å². The number of hydrogen-bond donors (Lipinski definition) is 1. The van der Waals surface area contributed by atoms with E-state index in [1.807, 2.05) is 24.9 Å². The van der Waals surface area contributed by atoms with Gasteiger partial charge in [0.25, 0.3) is 0 Å². The van der Waals surface area contributed by atoms with Gasteiger partial charge < -0.3 is 10.1 Å². The lowest BCUT2D eigenvalue weighted by Gasteiger charge is -2.12. The molecule has 17 heavy (non-hydrogen) atoms. The van der Waals surface area contributed by atoms with Crippen molar-refractivity contribution in [3.8, 4) is 0 Å². The zero-order valence-electron chi connectivity index (χ0n) is 11.0. The number of ether oxygens (including phenoxy) is 1. The van der Waals surface area contributed by atoms with Crippen LogP contribution >= 0.6 is 0 Å². The minimum absolute atomic E-state index is 0.156. The van der Waals surface area contributed by atoms with Gasteiger partial charge in [-0.3, -0.25) is 9.48 Å². The lowest BCUT2D eigenvalue weighted by molar-refractivity contribution is -0.140. The van der Waals surface area contributed by atoms with Crippen molar-refractivity contribution in [2.45, 2.75) is 32.7 Å². The van der Waals surface area contributed by atoms with Crippen LogP contribution in [0.2, 0.25) is 0 Å². The first-order valence-electron chi connectivity index (χ1n) is 5.85. The van der Waals surface area contributed by atoms with Crippen molar-refractivity contribution in [3.63, 3.8) is 0 Å². The number of rotatable bonds is 6. The monoisotopic (exact) mass is 239 g/mol. The van der Waals surface area contributed by atoms with Crippen LogP contribution in [0.3, 0.4) is 0 Å². The first-order chi connectivity index (χ1) is 8.04. The smallest absolute Gasteiger partial charge is 0.305 e. The maximum absolute atomic E-state index is 10.9. The molecule has 5 heteroatoms. The Bertz CT molecular complexity index is 374. The Balaban J connectivity index is 2.32. The minimum atomic E-state index is -0.156. The number of esters is 1. The van der Waals surface area contributed by atoms with Gasteiger partial charge >= 0.3 is 5.97 Å². The highest BCUT2D eigenvalue weighted by molar-refractivity contribution is 5.69. The molecule has 1 aromatic rings. The van der Waals surface area contributed by atoms with Crippen LogP contribution < -0.4 is 5.32 Å². The van der Waals surface area contributed by atoms with Crippen LogP contribution in [0.5, 0.6) is 0 Å². The quantitative estimate of drug-likeness (QED) is 0.601. The predicted octanol–water partition coefficient (Wildman–Crippen LogP) is 1.33. The average Bonchev–Trinajstić information content (AvgIpc) is 2.63. The van der Waals surface area contributed by atoms with Crippen molar-refractivity contribution in [1.29, 1.82) is 0 Å². The van der Waals surface area contributed by atoms with Gasteiger partial charge in [-0.15, -0.1) is 0 Å². The summed E-state index contributed by atoms with van der Waals surface area (Å²) in [5.74, 6) is -0.156. The third kappa shape index (κ3) is 4.19. The third-order valence-corrected chi connectivity index (χ3v) is 2.75. The molecule has 0 saturated heterocycles. The van der Waals surface area contributed by atoms with Crippen molar-refractivity contribution in [2.75, 3.05) is 13.7 Å². The molecule has 1 atom stereocenters. The predicted molar refractivity (Wildman–Crippen MR) is 65.6 cm³/mol. The van der Waals surface area contributed by atoms with Crippen LogP contribution in [0.15, 0.2) is 6.20 Å². The molecule has 0 spiro atoms. The molecule has 0 aliphatic rings. The highest BCUT2D eigenvalue weighted by Gasteiger charge is 2.10. The van der Waals surface area contributed by atoms with Gasteiger partial charge in [-0.1, -0.05) is 0 Å². The van der Waals surface area contributed by atoms with Gasteiger partial charge in [-0.05, 0) is 26.8 Å². The second-order valence-corrected chi connectivity index (χ2v) is 4.20. The number of nitrogens with one attached hydrogen (secondary N) is 1. The van der Waals surface area contributed by atoms with Crippen LogP contribution in [0.1, 0.15) is 37.1 Å². The molecule has 0 radical (unpaired) electrons. The van der Waals surface area contributed by atoms with E-state index >= 15 is 0 Å². The van der Waals surface area contributed by atoms with Crippen LogP contribution in [0, 0.1) is 6.92 Å². The number of carbonyl (C=O) groups is 1. The summed E-state index contributed by atoms with van der Waals surface area (Å²) < 4.78 is 6.40. The van der Waals surface area contributed by atoms with Crippen molar-refractivity contribution in [3.05, 3.63) is 17.5 Å². The fourth-order valence-electron chi connectivity index (χ4n) is 1.81. The molecule has 0 aliphatic carbocycles. The summed E-state index contributed by atoms with van der Waals surface area (Å²) in [4.78, 5) is 10.9. The number of hydrogen-bond acceptors (Lipinski definition) is 4. The number of carbonyl (C=O) groups excluding carboxylic acids is 1. The summed E-state index contributed by atoms with van der Waals surface area (Å²) in [5.41, 5.74) is 2.24. The van der Waals surface area contributed by atoms with Crippen LogP contribution in [-0.4, -0.2) is 29.4 Å². The van der Waals surface area contributed by atoms with E-state index in [1.165, 1.54) is 12.7 Å². The summed E-state index contributed by atoms with van der Waals surface area (Å²) in [7, 11) is 3.33. The molecule has 1 heterocycles. The second-order valence-electron chi connectivity index (χ2n) is 4.20. The van der Waals surface area contributed by atoms with E-state index < -0.39 is 0 Å². The Morgan fingerprint density at radius 1 is 1.65 bits per heavy atom. The van der Waals surface area contributed by atoms with Gasteiger partial charge in [-0.25, -0.2) is 0 Å². The molecule has 0 aliphatic heterocycles. The highest BCUT2D eigenvalue weighted by Crippen LogP contribution is 2.15. The van der Waals surface area contributed by atoms with Crippen molar-refractivity contribution < 1.29 is 9.53 Å². The molecule has 1 N–H and O–H groups in total. The molecule has 1 rings (SSSR count). The number of methoxy groups -OCH3 is 1. The lowest BCUT2D eigenvalue weighted by Crippen LogP contribution is -2.21. The molecule has 0 saturated carbocycles. The molecule has 1 aromatic heterocycles. The first kappa shape index (κ1) is 13.7. The Kier molecular flexibility index (Phi) is 5.15. The summed E-state index contributed by atoms with van der Waals surface area (Å²) >= 11 is 0. The van der Waals surface area contributed by atoms with Crippen molar-refractivity contribution in [2.24, 2.45) is 7.05 Å². The molecule has 0 aromatic carbocycles. The van der Waals surface area contributed by atoms with E-state index in [0.29, 0.717) is 6.42 Å². The van der Waals surface area contributed by atoms with E-state index in [9.17, 15) is 4.79 Å². The van der Waals surface area contributed by atoms with Gasteiger partial charge in [0, 0.05) is 31.3 Å². The standard InChI is InChI=1S/C12H21N3O2/c1-9(11-8-15(3)14-10(11)2)13-7-5-6-12(16)17-4/h8-9,13H,5-7H2,1-4H3. The second kappa shape index (κ2) is 6.39. The van der Waals surface area contributed by atoms with Crippen LogP contribution in [0.25, 0.3) is 0 Å². The zero-order valence-corrected chi connectivity index (χ0v) is 11.0. The summed E-state index contributed by atoms with van der Waals surface area (Å²) in [5, 5.41) is 7.68. The van der Waals surface area contributed by atoms with Gasteiger partial charge in [0.15, 0.2) is 0 Å². The molecule has 96 valence electrons. The maximum Gasteiger partial charge on any atom is 0.305 e. The van der Waals surface area contributed by atoms with Crippen molar-refractivity contribution in [1.82, 2.24) is 15.1 Å². The number of aryl methyl sites for hydroxylation is 2. The normalized spacial score (nSPS) is 12.5. The lowest BCUT2D eigenvalue weighted by atomic mass is 10.1. The number of nitrogens with zero attached hydrogens (tertiary/aromatic N) is 2. The summed E-state index contributed by atoms with van der Waals surface area (Å²) in [6.45, 7) is 4.90. The topological polar surface area (TPSA) is 56.1 Å². The molecule has 5 nitrogen and oxygen atoms in total. The molecular formula is C12H21N3O2. The van der Waals surface area contributed by atoms with Crippen molar-refractivity contribution >= 4 is 5.97 Å². The third-order valence-electron chi connectivity index (χ3n) is 2.75. The summed E-state index contributed by atoms with van der Waals surface area (Å²) in [6.07, 6.45) is 3.27. The van der Waals surface area contributed by atoms with Gasteiger partial charge in [-0.2, -0.15) is 5.10 Å². The summed E-state index contributed by atoms with van der Waals surface area (Å²) in [6, 6.07) is 0.251. The fraction of sp³-hybridized carbons (Fsp3) is 0.667. The van der Waals surface area contributed by atoms with E-state index in [2.05, 4.69) is 22.1 Å². The molecule has 0 amide bonds. The minimum Gasteiger partial charge on any atom is -0.469 e. The average molecular weight is 239 g/mol. The SMILES string of the molecule is COC(=O)CCCNC(C)c1cn(C)nc1C.